The SMILES string of the molecule is CC1CC1C(C)N1CC(N)C1. The van der Waals surface area contributed by atoms with Gasteiger partial charge < -0.3 is 5.73 Å². The quantitative estimate of drug-likeness (QED) is 0.633. The summed E-state index contributed by atoms with van der Waals surface area (Å²) in [6.45, 7) is 6.95. The van der Waals surface area contributed by atoms with Crippen LogP contribution in [0.2, 0.25) is 0 Å². The summed E-state index contributed by atoms with van der Waals surface area (Å²) in [5.74, 6) is 1.95. The van der Waals surface area contributed by atoms with E-state index in [0.29, 0.717) is 6.04 Å². The van der Waals surface area contributed by atoms with Crippen LogP contribution in [0.4, 0.5) is 0 Å². The van der Waals surface area contributed by atoms with Crippen LogP contribution in [0.3, 0.4) is 0 Å². The van der Waals surface area contributed by atoms with E-state index < -0.39 is 0 Å². The summed E-state index contributed by atoms with van der Waals surface area (Å²) in [7, 11) is 0. The van der Waals surface area contributed by atoms with Crippen LogP contribution in [-0.2, 0) is 0 Å². The second-order valence-corrected chi connectivity index (χ2v) is 4.33. The van der Waals surface area contributed by atoms with Gasteiger partial charge in [0.05, 0.1) is 0 Å². The Morgan fingerprint density at radius 2 is 2.00 bits per heavy atom. The molecule has 3 atom stereocenters. The zero-order valence-corrected chi connectivity index (χ0v) is 7.46. The molecule has 1 saturated heterocycles. The predicted molar refractivity (Wildman–Crippen MR) is 46.3 cm³/mol. The van der Waals surface area contributed by atoms with Gasteiger partial charge in [0.15, 0.2) is 0 Å². The summed E-state index contributed by atoms with van der Waals surface area (Å²) in [6.07, 6.45) is 1.44. The molecule has 2 rings (SSSR count). The average Bonchev–Trinajstić information content (AvgIpc) is 2.58. The molecule has 0 spiro atoms. The number of nitrogens with two attached hydrogens (primary N) is 1. The van der Waals surface area contributed by atoms with E-state index in [1.807, 2.05) is 0 Å². The maximum absolute atomic E-state index is 5.72. The molecule has 0 amide bonds. The van der Waals surface area contributed by atoms with Crippen molar-refractivity contribution in [2.75, 3.05) is 13.1 Å². The highest BCUT2D eigenvalue weighted by molar-refractivity contribution is 4.96. The van der Waals surface area contributed by atoms with Crippen LogP contribution in [0.5, 0.6) is 0 Å². The lowest BCUT2D eigenvalue weighted by atomic mass is 10.0. The number of likely N-dealkylation sites (tertiary alicyclic amines) is 1. The Morgan fingerprint density at radius 3 is 2.36 bits per heavy atom. The third kappa shape index (κ3) is 1.30. The fourth-order valence-corrected chi connectivity index (χ4v) is 2.18. The van der Waals surface area contributed by atoms with Crippen LogP contribution in [0.25, 0.3) is 0 Å². The summed E-state index contributed by atoms with van der Waals surface area (Å²) < 4.78 is 0. The molecule has 2 N–H and O–H groups in total. The Labute approximate surface area is 68.7 Å². The van der Waals surface area contributed by atoms with Crippen molar-refractivity contribution in [3.8, 4) is 0 Å². The standard InChI is InChI=1S/C9H18N2/c1-6-3-9(6)7(2)11-4-8(10)5-11/h6-9H,3-5,10H2,1-2H3. The van der Waals surface area contributed by atoms with Crippen molar-refractivity contribution in [3.05, 3.63) is 0 Å². The van der Waals surface area contributed by atoms with E-state index >= 15 is 0 Å². The minimum absolute atomic E-state index is 0.464. The molecule has 2 heteroatoms. The smallest absolute Gasteiger partial charge is 0.0297 e. The fourth-order valence-electron chi connectivity index (χ4n) is 2.18. The van der Waals surface area contributed by atoms with Gasteiger partial charge in [-0.05, 0) is 25.2 Å². The van der Waals surface area contributed by atoms with E-state index in [2.05, 4.69) is 18.7 Å². The lowest BCUT2D eigenvalue weighted by molar-refractivity contribution is 0.0887. The monoisotopic (exact) mass is 154 g/mol. The highest BCUT2D eigenvalue weighted by Gasteiger charge is 2.42. The van der Waals surface area contributed by atoms with E-state index in [-0.39, 0.29) is 0 Å². The Kier molecular flexibility index (Phi) is 1.69. The van der Waals surface area contributed by atoms with Gasteiger partial charge in [-0.3, -0.25) is 4.90 Å². The van der Waals surface area contributed by atoms with Gasteiger partial charge in [-0.1, -0.05) is 6.92 Å². The van der Waals surface area contributed by atoms with Crippen LogP contribution < -0.4 is 5.73 Å². The van der Waals surface area contributed by atoms with Gasteiger partial charge in [0.2, 0.25) is 0 Å². The molecule has 1 aliphatic carbocycles. The number of hydrogen-bond acceptors (Lipinski definition) is 2. The topological polar surface area (TPSA) is 29.3 Å². The minimum Gasteiger partial charge on any atom is -0.325 e. The second kappa shape index (κ2) is 2.46. The first-order valence-corrected chi connectivity index (χ1v) is 4.68. The molecular weight excluding hydrogens is 136 g/mol. The van der Waals surface area contributed by atoms with E-state index in [0.717, 1.165) is 31.0 Å². The maximum atomic E-state index is 5.72. The van der Waals surface area contributed by atoms with Crippen molar-refractivity contribution in [2.24, 2.45) is 17.6 Å². The molecule has 11 heavy (non-hydrogen) atoms. The fraction of sp³-hybridized carbons (Fsp3) is 1.00. The van der Waals surface area contributed by atoms with Gasteiger partial charge in [0.25, 0.3) is 0 Å². The van der Waals surface area contributed by atoms with E-state index in [4.69, 9.17) is 5.73 Å². The first-order chi connectivity index (χ1) is 5.18. The van der Waals surface area contributed by atoms with Crippen LogP contribution in [0, 0.1) is 11.8 Å². The Bertz CT molecular complexity index is 152. The average molecular weight is 154 g/mol. The molecule has 0 radical (unpaired) electrons. The van der Waals surface area contributed by atoms with Crippen LogP contribution in [0.1, 0.15) is 20.3 Å². The summed E-state index contributed by atoms with van der Waals surface area (Å²) in [5.41, 5.74) is 5.72. The molecule has 1 heterocycles. The van der Waals surface area contributed by atoms with Crippen molar-refractivity contribution < 1.29 is 0 Å². The van der Waals surface area contributed by atoms with E-state index in [1.165, 1.54) is 6.42 Å². The summed E-state index contributed by atoms with van der Waals surface area (Å²) in [5, 5.41) is 0. The van der Waals surface area contributed by atoms with Gasteiger partial charge >= 0.3 is 0 Å². The Balaban J connectivity index is 1.78. The van der Waals surface area contributed by atoms with Gasteiger partial charge in [-0.25, -0.2) is 0 Å². The zero-order chi connectivity index (χ0) is 8.01. The highest BCUT2D eigenvalue weighted by Crippen LogP contribution is 2.43. The molecule has 0 aromatic carbocycles. The van der Waals surface area contributed by atoms with E-state index in [9.17, 15) is 0 Å². The van der Waals surface area contributed by atoms with Gasteiger partial charge in [-0.2, -0.15) is 0 Å². The molecule has 0 aromatic rings. The minimum atomic E-state index is 0.464. The highest BCUT2D eigenvalue weighted by atomic mass is 15.2. The molecule has 1 aliphatic heterocycles. The van der Waals surface area contributed by atoms with Crippen LogP contribution >= 0.6 is 0 Å². The van der Waals surface area contributed by atoms with Gasteiger partial charge in [-0.15, -0.1) is 0 Å². The number of hydrogen-bond donors (Lipinski definition) is 1. The predicted octanol–water partition coefficient (Wildman–Crippen LogP) is 0.674. The second-order valence-electron chi connectivity index (χ2n) is 4.33. The van der Waals surface area contributed by atoms with Crippen molar-refractivity contribution in [1.29, 1.82) is 0 Å². The third-order valence-corrected chi connectivity index (χ3v) is 3.31. The van der Waals surface area contributed by atoms with Crippen molar-refractivity contribution in [2.45, 2.75) is 32.4 Å². The molecule has 64 valence electrons. The normalized spacial score (nSPS) is 41.7. The zero-order valence-electron chi connectivity index (χ0n) is 7.46. The van der Waals surface area contributed by atoms with Gasteiger partial charge in [0, 0.05) is 25.2 Å². The third-order valence-electron chi connectivity index (χ3n) is 3.31. The maximum Gasteiger partial charge on any atom is 0.0297 e. The molecule has 1 saturated carbocycles. The van der Waals surface area contributed by atoms with Crippen LogP contribution in [-0.4, -0.2) is 30.1 Å². The van der Waals surface area contributed by atoms with Gasteiger partial charge in [0.1, 0.15) is 0 Å². The summed E-state index contributed by atoms with van der Waals surface area (Å²) in [6, 6.07) is 1.26. The van der Waals surface area contributed by atoms with E-state index in [1.54, 1.807) is 0 Å². The first kappa shape index (κ1) is 7.56. The number of nitrogens with zero attached hydrogens (tertiary/aromatic N) is 1. The number of rotatable bonds is 2. The Morgan fingerprint density at radius 1 is 1.45 bits per heavy atom. The molecule has 0 aromatic heterocycles. The Hall–Kier alpha value is -0.0800. The summed E-state index contributed by atoms with van der Waals surface area (Å²) in [4.78, 5) is 2.51. The molecular formula is C9H18N2. The van der Waals surface area contributed by atoms with Crippen molar-refractivity contribution in [1.82, 2.24) is 4.90 Å². The first-order valence-electron chi connectivity index (χ1n) is 4.68. The molecule has 3 unspecified atom stereocenters. The molecule has 2 aliphatic rings. The van der Waals surface area contributed by atoms with Crippen molar-refractivity contribution in [3.63, 3.8) is 0 Å². The summed E-state index contributed by atoms with van der Waals surface area (Å²) >= 11 is 0. The van der Waals surface area contributed by atoms with Crippen molar-refractivity contribution >= 4 is 0 Å². The molecule has 2 nitrogen and oxygen atoms in total. The lowest BCUT2D eigenvalue weighted by Gasteiger charge is -2.41. The largest absolute Gasteiger partial charge is 0.325 e. The molecule has 2 fully saturated rings. The molecule has 0 bridgehead atoms. The lowest BCUT2D eigenvalue weighted by Crippen LogP contribution is -2.59. The van der Waals surface area contributed by atoms with Crippen LogP contribution in [0.15, 0.2) is 0 Å².